The summed E-state index contributed by atoms with van der Waals surface area (Å²) in [6, 6.07) is 16.2. The zero-order chi connectivity index (χ0) is 22.6. The third kappa shape index (κ3) is 4.57. The van der Waals surface area contributed by atoms with E-state index >= 15 is 0 Å². The average Bonchev–Trinajstić information content (AvgIpc) is 3.50. The fraction of sp³-hybridized carbons (Fsp3) is 0.250. The molecule has 3 heterocycles. The Morgan fingerprint density at radius 1 is 1.00 bits per heavy atom. The van der Waals surface area contributed by atoms with Crippen LogP contribution in [0.15, 0.2) is 63.9 Å². The van der Waals surface area contributed by atoms with Crippen LogP contribution in [-0.2, 0) is 6.54 Å². The number of hydrogen-bond acceptors (Lipinski definition) is 8. The maximum Gasteiger partial charge on any atom is 0.267 e. The number of benzene rings is 2. The molecule has 9 nitrogen and oxygen atoms in total. The van der Waals surface area contributed by atoms with Crippen molar-refractivity contribution in [3.8, 4) is 39.9 Å². The Kier molecular flexibility index (Phi) is 5.75. The zero-order valence-electron chi connectivity index (χ0n) is 18.1. The van der Waals surface area contributed by atoms with E-state index in [1.165, 1.54) is 10.7 Å². The first kappa shape index (κ1) is 20.7. The summed E-state index contributed by atoms with van der Waals surface area (Å²) in [6.45, 7) is 3.06. The van der Waals surface area contributed by atoms with Crippen molar-refractivity contribution < 1.29 is 18.7 Å². The van der Waals surface area contributed by atoms with Crippen LogP contribution in [-0.4, -0.2) is 33.3 Å². The van der Waals surface area contributed by atoms with Gasteiger partial charge >= 0.3 is 0 Å². The predicted octanol–water partition coefficient (Wildman–Crippen LogP) is 3.92. The van der Waals surface area contributed by atoms with Crippen LogP contribution in [0.25, 0.3) is 22.6 Å². The van der Waals surface area contributed by atoms with Gasteiger partial charge in [0.25, 0.3) is 5.56 Å². The second-order valence-corrected chi connectivity index (χ2v) is 7.52. The normalized spacial score (nSPS) is 12.2. The number of fused-ring (bicyclic) bond motifs is 1. The van der Waals surface area contributed by atoms with Gasteiger partial charge in [0, 0.05) is 17.2 Å². The molecule has 33 heavy (non-hydrogen) atoms. The van der Waals surface area contributed by atoms with Gasteiger partial charge in [0.2, 0.25) is 18.5 Å². The highest BCUT2D eigenvalue weighted by molar-refractivity contribution is 5.61. The minimum absolute atomic E-state index is 0.0580. The zero-order valence-corrected chi connectivity index (χ0v) is 18.1. The van der Waals surface area contributed by atoms with Crippen LogP contribution in [0, 0.1) is 0 Å². The lowest BCUT2D eigenvalue weighted by molar-refractivity contribution is 0.174. The number of aromatic nitrogens is 4. The van der Waals surface area contributed by atoms with Crippen molar-refractivity contribution in [2.75, 3.05) is 13.4 Å². The fourth-order valence-electron chi connectivity index (χ4n) is 3.37. The summed E-state index contributed by atoms with van der Waals surface area (Å²) in [6.07, 6.45) is 2.10. The fourth-order valence-corrected chi connectivity index (χ4v) is 3.37. The summed E-state index contributed by atoms with van der Waals surface area (Å²) in [5.74, 6) is 2.78. The van der Waals surface area contributed by atoms with E-state index in [1.807, 2.05) is 30.3 Å². The molecule has 0 unspecified atom stereocenters. The Bertz CT molecular complexity index is 1310. The average molecular weight is 446 g/mol. The van der Waals surface area contributed by atoms with E-state index in [4.69, 9.17) is 18.7 Å². The molecule has 2 aromatic carbocycles. The summed E-state index contributed by atoms with van der Waals surface area (Å²) >= 11 is 0. The van der Waals surface area contributed by atoms with Crippen LogP contribution in [0.5, 0.6) is 17.2 Å². The number of hydrogen-bond donors (Lipinski definition) is 0. The molecule has 0 amide bonds. The smallest absolute Gasteiger partial charge is 0.267 e. The van der Waals surface area contributed by atoms with Gasteiger partial charge in [-0.25, -0.2) is 4.68 Å². The molecule has 0 N–H and O–H groups in total. The molecule has 1 aliphatic heterocycles. The molecule has 0 aliphatic carbocycles. The molecule has 1 aliphatic rings. The van der Waals surface area contributed by atoms with Gasteiger partial charge < -0.3 is 18.7 Å². The molecule has 0 saturated carbocycles. The maximum absolute atomic E-state index is 12.4. The van der Waals surface area contributed by atoms with Gasteiger partial charge in [-0.2, -0.15) is 10.1 Å². The predicted molar refractivity (Wildman–Crippen MR) is 119 cm³/mol. The highest BCUT2D eigenvalue weighted by Crippen LogP contribution is 2.35. The first-order valence-corrected chi connectivity index (χ1v) is 10.7. The Morgan fingerprint density at radius 2 is 1.82 bits per heavy atom. The molecular weight excluding hydrogens is 424 g/mol. The van der Waals surface area contributed by atoms with Crippen molar-refractivity contribution in [1.82, 2.24) is 19.9 Å². The van der Waals surface area contributed by atoms with Crippen LogP contribution < -0.4 is 19.8 Å². The molecular formula is C24H22N4O5. The first-order chi connectivity index (χ1) is 16.2. The Labute approximate surface area is 189 Å². The monoisotopic (exact) mass is 446 g/mol. The second-order valence-electron chi connectivity index (χ2n) is 7.52. The molecule has 0 atom stereocenters. The molecule has 0 fully saturated rings. The van der Waals surface area contributed by atoms with E-state index in [0.29, 0.717) is 29.6 Å². The molecule has 4 aromatic rings. The van der Waals surface area contributed by atoms with Crippen LogP contribution in [0.2, 0.25) is 0 Å². The van der Waals surface area contributed by atoms with Crippen LogP contribution in [0.1, 0.15) is 25.7 Å². The third-order valence-electron chi connectivity index (χ3n) is 5.17. The Balaban J connectivity index is 1.33. The highest BCUT2D eigenvalue weighted by atomic mass is 16.7. The van der Waals surface area contributed by atoms with E-state index in [9.17, 15) is 4.79 Å². The van der Waals surface area contributed by atoms with Gasteiger partial charge in [-0.15, -0.1) is 0 Å². The van der Waals surface area contributed by atoms with Gasteiger partial charge in [-0.3, -0.25) is 4.79 Å². The SMILES string of the molecule is CCCCOc1ccc(-c2ccc(=O)n(Cc3nc(-c4ccc5c(c4)OCO5)no3)n2)cc1. The molecule has 0 spiro atoms. The molecule has 0 bridgehead atoms. The van der Waals surface area contributed by atoms with Gasteiger partial charge in [-0.1, -0.05) is 18.5 Å². The molecule has 5 rings (SSSR count). The van der Waals surface area contributed by atoms with E-state index in [2.05, 4.69) is 22.2 Å². The van der Waals surface area contributed by atoms with E-state index in [1.54, 1.807) is 18.2 Å². The lowest BCUT2D eigenvalue weighted by atomic mass is 10.1. The topological polar surface area (TPSA) is 102 Å². The van der Waals surface area contributed by atoms with Crippen molar-refractivity contribution in [2.24, 2.45) is 0 Å². The number of ether oxygens (including phenoxy) is 3. The molecule has 9 heteroatoms. The summed E-state index contributed by atoms with van der Waals surface area (Å²) in [5, 5.41) is 8.49. The quantitative estimate of drug-likeness (QED) is 0.376. The first-order valence-electron chi connectivity index (χ1n) is 10.7. The number of nitrogens with zero attached hydrogens (tertiary/aromatic N) is 4. The standard InChI is InChI=1S/C24H22N4O5/c1-2-3-12-30-18-7-4-16(5-8-18)19-9-11-23(29)28(26-19)14-22-25-24(27-33-22)17-6-10-20-21(13-17)32-15-31-20/h4-11,13H,2-3,12,14-15H2,1H3. The van der Waals surface area contributed by atoms with Gasteiger partial charge in [0.15, 0.2) is 11.5 Å². The largest absolute Gasteiger partial charge is 0.494 e. The van der Waals surface area contributed by atoms with E-state index < -0.39 is 0 Å². The summed E-state index contributed by atoms with van der Waals surface area (Å²) in [5.41, 5.74) is 1.99. The van der Waals surface area contributed by atoms with Gasteiger partial charge in [-0.05, 0) is 55.0 Å². The van der Waals surface area contributed by atoms with Gasteiger partial charge in [0.1, 0.15) is 12.3 Å². The summed E-state index contributed by atoms with van der Waals surface area (Å²) in [4.78, 5) is 16.8. The second kappa shape index (κ2) is 9.15. The molecule has 2 aromatic heterocycles. The molecule has 0 radical (unpaired) electrons. The maximum atomic E-state index is 12.4. The van der Waals surface area contributed by atoms with E-state index in [0.717, 1.165) is 29.7 Å². The number of rotatable bonds is 8. The summed E-state index contributed by atoms with van der Waals surface area (Å²) < 4.78 is 23.1. The van der Waals surface area contributed by atoms with Gasteiger partial charge in [0.05, 0.1) is 12.3 Å². The van der Waals surface area contributed by atoms with E-state index in [-0.39, 0.29) is 24.8 Å². The molecule has 168 valence electrons. The minimum atomic E-state index is -0.263. The summed E-state index contributed by atoms with van der Waals surface area (Å²) in [7, 11) is 0. The Hall–Kier alpha value is -4.14. The van der Waals surface area contributed by atoms with Crippen molar-refractivity contribution >= 4 is 0 Å². The minimum Gasteiger partial charge on any atom is -0.494 e. The lowest BCUT2D eigenvalue weighted by Crippen LogP contribution is -2.23. The highest BCUT2D eigenvalue weighted by Gasteiger charge is 2.17. The van der Waals surface area contributed by atoms with Crippen LogP contribution in [0.3, 0.4) is 0 Å². The third-order valence-corrected chi connectivity index (χ3v) is 5.17. The van der Waals surface area contributed by atoms with Crippen molar-refractivity contribution in [2.45, 2.75) is 26.3 Å². The van der Waals surface area contributed by atoms with Crippen molar-refractivity contribution in [1.29, 1.82) is 0 Å². The number of unbranched alkanes of at least 4 members (excludes halogenated alkanes) is 1. The lowest BCUT2D eigenvalue weighted by Gasteiger charge is -2.07. The van der Waals surface area contributed by atoms with Crippen molar-refractivity contribution in [3.63, 3.8) is 0 Å². The van der Waals surface area contributed by atoms with Crippen LogP contribution in [0.4, 0.5) is 0 Å². The Morgan fingerprint density at radius 3 is 2.67 bits per heavy atom. The van der Waals surface area contributed by atoms with Crippen molar-refractivity contribution in [3.05, 3.63) is 70.8 Å². The molecule has 0 saturated heterocycles. The van der Waals surface area contributed by atoms with Crippen LogP contribution >= 0.6 is 0 Å².